The summed E-state index contributed by atoms with van der Waals surface area (Å²) in [5, 5.41) is 0. The summed E-state index contributed by atoms with van der Waals surface area (Å²) < 4.78 is 54.2. The molecule has 1 unspecified atom stereocenters. The van der Waals surface area contributed by atoms with E-state index >= 15 is 0 Å². The Labute approximate surface area is 80.9 Å². The fourth-order valence-corrected chi connectivity index (χ4v) is 2.30. The predicted octanol–water partition coefficient (Wildman–Crippen LogP) is -1.95. The van der Waals surface area contributed by atoms with Crippen LogP contribution in [-0.4, -0.2) is 38.5 Å². The molecule has 0 radical (unpaired) electrons. The number of carbonyl (C=O) groups is 1. The highest BCUT2D eigenvalue weighted by Gasteiger charge is 2.27. The van der Waals surface area contributed by atoms with E-state index in [0.29, 0.717) is 0 Å². The number of sulfone groups is 1. The van der Waals surface area contributed by atoms with Crippen molar-refractivity contribution in [2.45, 2.75) is 12.4 Å². The molecule has 1 atom stereocenters. The SMILES string of the molecule is CC(OS(=O)(=O)O)S(=O)(=O)CC(N)=O. The van der Waals surface area contributed by atoms with E-state index in [0.717, 1.165) is 6.92 Å². The number of hydrogen-bond acceptors (Lipinski definition) is 6. The van der Waals surface area contributed by atoms with Crippen LogP contribution in [0.4, 0.5) is 0 Å². The number of carbonyl (C=O) groups excluding carboxylic acids is 1. The zero-order valence-electron chi connectivity index (χ0n) is 7.08. The van der Waals surface area contributed by atoms with Crippen molar-refractivity contribution in [1.82, 2.24) is 0 Å². The highest BCUT2D eigenvalue weighted by molar-refractivity contribution is 7.93. The minimum absolute atomic E-state index is 0.853. The van der Waals surface area contributed by atoms with Crippen molar-refractivity contribution in [3.63, 3.8) is 0 Å². The van der Waals surface area contributed by atoms with Crippen molar-refractivity contribution in [2.24, 2.45) is 5.73 Å². The van der Waals surface area contributed by atoms with Gasteiger partial charge in [-0.2, -0.15) is 8.42 Å². The molecular formula is C4H9NO7S2. The molecule has 14 heavy (non-hydrogen) atoms. The quantitative estimate of drug-likeness (QED) is 0.538. The molecule has 0 rings (SSSR count). The second-order valence-corrected chi connectivity index (χ2v) is 5.69. The fraction of sp³-hybridized carbons (Fsp3) is 0.750. The number of amides is 1. The van der Waals surface area contributed by atoms with Crippen LogP contribution in [0.15, 0.2) is 0 Å². The maximum atomic E-state index is 11.0. The van der Waals surface area contributed by atoms with Gasteiger partial charge in [-0.1, -0.05) is 0 Å². The Balaban J connectivity index is 4.70. The fourth-order valence-electron chi connectivity index (χ4n) is 0.547. The molecule has 0 aromatic heterocycles. The number of primary amides is 1. The second-order valence-electron chi connectivity index (χ2n) is 2.37. The molecule has 10 heteroatoms. The highest BCUT2D eigenvalue weighted by atomic mass is 32.3. The van der Waals surface area contributed by atoms with E-state index < -0.39 is 37.3 Å². The van der Waals surface area contributed by atoms with E-state index in [-0.39, 0.29) is 0 Å². The van der Waals surface area contributed by atoms with Gasteiger partial charge in [-0.15, -0.1) is 0 Å². The average Bonchev–Trinajstić information content (AvgIpc) is 1.79. The molecule has 0 heterocycles. The molecule has 0 saturated carbocycles. The molecule has 0 aliphatic carbocycles. The van der Waals surface area contributed by atoms with Gasteiger partial charge in [-0.05, 0) is 6.92 Å². The molecule has 0 saturated heterocycles. The van der Waals surface area contributed by atoms with E-state index in [4.69, 9.17) is 4.55 Å². The number of hydrogen-bond donors (Lipinski definition) is 2. The van der Waals surface area contributed by atoms with Gasteiger partial charge in [0, 0.05) is 0 Å². The standard InChI is InChI=1S/C4H9NO7S2/c1-3(12-14(9,10)11)13(7,8)2-4(5)6/h3H,2H2,1H3,(H2,5,6)(H,9,10,11). The smallest absolute Gasteiger partial charge is 0.369 e. The Morgan fingerprint density at radius 1 is 1.43 bits per heavy atom. The van der Waals surface area contributed by atoms with Gasteiger partial charge in [0.2, 0.25) is 5.91 Å². The lowest BCUT2D eigenvalue weighted by atomic mass is 10.8. The maximum Gasteiger partial charge on any atom is 0.398 e. The third-order valence-corrected chi connectivity index (χ3v) is 3.55. The summed E-state index contributed by atoms with van der Waals surface area (Å²) in [6, 6.07) is 0. The lowest BCUT2D eigenvalue weighted by Crippen LogP contribution is -2.32. The van der Waals surface area contributed by atoms with Crippen LogP contribution in [0, 0.1) is 0 Å². The van der Waals surface area contributed by atoms with Gasteiger partial charge in [0.1, 0.15) is 5.75 Å². The van der Waals surface area contributed by atoms with Crippen LogP contribution >= 0.6 is 0 Å². The largest absolute Gasteiger partial charge is 0.398 e. The first-order valence-corrected chi connectivity index (χ1v) is 6.28. The summed E-state index contributed by atoms with van der Waals surface area (Å²) in [6.07, 6.45) is 0. The normalized spacial score (nSPS) is 15.0. The van der Waals surface area contributed by atoms with Gasteiger partial charge in [0.05, 0.1) is 0 Å². The molecule has 0 spiro atoms. The minimum Gasteiger partial charge on any atom is -0.369 e. The molecule has 1 amide bonds. The average molecular weight is 247 g/mol. The van der Waals surface area contributed by atoms with Crippen LogP contribution in [0.3, 0.4) is 0 Å². The van der Waals surface area contributed by atoms with E-state index in [9.17, 15) is 21.6 Å². The first kappa shape index (κ1) is 13.3. The van der Waals surface area contributed by atoms with Gasteiger partial charge in [0.15, 0.2) is 15.3 Å². The predicted molar refractivity (Wildman–Crippen MR) is 45.1 cm³/mol. The second kappa shape index (κ2) is 4.21. The first-order valence-electron chi connectivity index (χ1n) is 3.20. The molecule has 0 fully saturated rings. The Morgan fingerprint density at radius 2 is 1.86 bits per heavy atom. The zero-order chi connectivity index (χ0) is 11.6. The van der Waals surface area contributed by atoms with Gasteiger partial charge in [0.25, 0.3) is 0 Å². The van der Waals surface area contributed by atoms with E-state index in [1.165, 1.54) is 0 Å². The molecule has 84 valence electrons. The summed E-state index contributed by atoms with van der Waals surface area (Å²) >= 11 is 0. The molecule has 0 aromatic carbocycles. The van der Waals surface area contributed by atoms with Crippen molar-refractivity contribution in [3.05, 3.63) is 0 Å². The Bertz CT molecular complexity index is 407. The summed E-state index contributed by atoms with van der Waals surface area (Å²) in [5.41, 5.74) is 2.74. The molecular weight excluding hydrogens is 238 g/mol. The van der Waals surface area contributed by atoms with Gasteiger partial charge >= 0.3 is 10.4 Å². The summed E-state index contributed by atoms with van der Waals surface area (Å²) in [7, 11) is -9.00. The monoisotopic (exact) mass is 247 g/mol. The van der Waals surface area contributed by atoms with Crippen molar-refractivity contribution in [2.75, 3.05) is 5.75 Å². The number of nitrogens with two attached hydrogens (primary N) is 1. The van der Waals surface area contributed by atoms with Crippen LogP contribution in [0.2, 0.25) is 0 Å². The molecule has 0 aromatic rings. The topological polar surface area (TPSA) is 141 Å². The Hall–Kier alpha value is -0.710. The van der Waals surface area contributed by atoms with Crippen LogP contribution < -0.4 is 5.73 Å². The van der Waals surface area contributed by atoms with Crippen LogP contribution in [0.25, 0.3) is 0 Å². The van der Waals surface area contributed by atoms with E-state index in [2.05, 4.69) is 9.92 Å². The number of rotatable bonds is 5. The van der Waals surface area contributed by atoms with E-state index in [1.54, 1.807) is 0 Å². The third-order valence-electron chi connectivity index (χ3n) is 1.11. The molecule has 3 N–H and O–H groups in total. The third kappa shape index (κ3) is 5.11. The Kier molecular flexibility index (Phi) is 4.00. The van der Waals surface area contributed by atoms with Crippen molar-refractivity contribution < 1.29 is 30.4 Å². The van der Waals surface area contributed by atoms with Gasteiger partial charge < -0.3 is 5.73 Å². The van der Waals surface area contributed by atoms with Crippen LogP contribution in [0.5, 0.6) is 0 Å². The molecule has 0 bridgehead atoms. The van der Waals surface area contributed by atoms with Gasteiger partial charge in [-0.25, -0.2) is 12.6 Å². The summed E-state index contributed by atoms with van der Waals surface area (Å²) in [5.74, 6) is -2.19. The molecule has 0 aliphatic rings. The lowest BCUT2D eigenvalue weighted by molar-refractivity contribution is -0.115. The van der Waals surface area contributed by atoms with Crippen LogP contribution in [0.1, 0.15) is 6.92 Å². The summed E-state index contributed by atoms with van der Waals surface area (Å²) in [6.45, 7) is 0.853. The molecule has 8 nitrogen and oxygen atoms in total. The minimum atomic E-state index is -4.87. The van der Waals surface area contributed by atoms with Crippen LogP contribution in [-0.2, 0) is 29.2 Å². The highest BCUT2D eigenvalue weighted by Crippen LogP contribution is 2.06. The van der Waals surface area contributed by atoms with E-state index in [1.807, 2.05) is 0 Å². The summed E-state index contributed by atoms with van der Waals surface area (Å²) in [4.78, 5) is 10.3. The first-order chi connectivity index (χ1) is 6.04. The van der Waals surface area contributed by atoms with Crippen molar-refractivity contribution in [3.8, 4) is 0 Å². The lowest BCUT2D eigenvalue weighted by Gasteiger charge is -2.09. The Morgan fingerprint density at radius 3 is 2.14 bits per heavy atom. The van der Waals surface area contributed by atoms with Crippen molar-refractivity contribution >= 4 is 26.1 Å². The maximum absolute atomic E-state index is 11.0. The molecule has 0 aliphatic heterocycles. The van der Waals surface area contributed by atoms with Gasteiger partial charge in [-0.3, -0.25) is 9.35 Å². The van der Waals surface area contributed by atoms with Crippen molar-refractivity contribution in [1.29, 1.82) is 0 Å². The zero-order valence-corrected chi connectivity index (χ0v) is 8.71.